The summed E-state index contributed by atoms with van der Waals surface area (Å²) in [6, 6.07) is 0. The zero-order valence-electron chi connectivity index (χ0n) is 14.0. The molecule has 0 atom stereocenters. The smallest absolute Gasteiger partial charge is 0.410 e. The number of nitrogens with one attached hydrogen (secondary N) is 1. The zero-order chi connectivity index (χ0) is 16.1. The third-order valence-electron chi connectivity index (χ3n) is 3.55. The number of ether oxygens (including phenoxy) is 2. The molecule has 0 radical (unpaired) electrons. The van der Waals surface area contributed by atoms with Gasteiger partial charge < -0.3 is 14.8 Å². The maximum absolute atomic E-state index is 11.8. The average Bonchev–Trinajstić information content (AvgIpc) is 2.35. The van der Waals surface area contributed by atoms with Crippen LogP contribution in [0.25, 0.3) is 0 Å². The Morgan fingerprint density at radius 1 is 1.00 bits per heavy atom. The third-order valence-corrected chi connectivity index (χ3v) is 3.55. The van der Waals surface area contributed by atoms with Crippen LogP contribution in [0.4, 0.5) is 4.79 Å². The Morgan fingerprint density at radius 3 is 2.10 bits per heavy atom. The molecule has 0 aromatic rings. The number of hydrogen-bond donors (Lipinski definition) is 1. The van der Waals surface area contributed by atoms with Crippen LogP contribution in [-0.4, -0.2) is 24.4 Å². The molecule has 5 heteroatoms. The summed E-state index contributed by atoms with van der Waals surface area (Å²) in [5, 5.41) is 2.77. The Balaban J connectivity index is 2.36. The van der Waals surface area contributed by atoms with Crippen molar-refractivity contribution in [1.82, 2.24) is 5.32 Å². The summed E-state index contributed by atoms with van der Waals surface area (Å²) >= 11 is 0. The molecular formula is C16H29NO4. The Hall–Kier alpha value is -1.26. The standard InChI is InChI=1S/C16H29NO4/c1-15(2,3)13(18)20-16(4,5)21-14(19)17-11-12-9-7-6-8-10-12/h12H,6-11H2,1-5H3,(H,17,19). The first-order valence-corrected chi connectivity index (χ1v) is 7.80. The second kappa shape index (κ2) is 7.14. The van der Waals surface area contributed by atoms with Gasteiger partial charge in [-0.05, 0) is 39.5 Å². The van der Waals surface area contributed by atoms with Crippen LogP contribution in [0.1, 0.15) is 66.7 Å². The van der Waals surface area contributed by atoms with Gasteiger partial charge in [0.05, 0.1) is 5.41 Å². The van der Waals surface area contributed by atoms with Gasteiger partial charge in [0.2, 0.25) is 0 Å². The van der Waals surface area contributed by atoms with Crippen LogP contribution in [-0.2, 0) is 14.3 Å². The molecule has 1 aliphatic carbocycles. The highest BCUT2D eigenvalue weighted by molar-refractivity contribution is 5.76. The largest absolute Gasteiger partial charge is 0.423 e. The molecule has 1 saturated carbocycles. The van der Waals surface area contributed by atoms with Gasteiger partial charge in [-0.15, -0.1) is 0 Å². The highest BCUT2D eigenvalue weighted by Crippen LogP contribution is 2.23. The van der Waals surface area contributed by atoms with Gasteiger partial charge in [0.15, 0.2) is 0 Å². The van der Waals surface area contributed by atoms with Crippen molar-refractivity contribution in [1.29, 1.82) is 0 Å². The fourth-order valence-corrected chi connectivity index (χ4v) is 2.28. The van der Waals surface area contributed by atoms with Gasteiger partial charge in [-0.25, -0.2) is 4.79 Å². The second-order valence-electron chi connectivity index (χ2n) is 7.31. The molecule has 0 spiro atoms. The number of carbonyl (C=O) groups excluding carboxylic acids is 2. The van der Waals surface area contributed by atoms with Gasteiger partial charge in [0, 0.05) is 20.4 Å². The summed E-state index contributed by atoms with van der Waals surface area (Å²) < 4.78 is 10.4. The average molecular weight is 299 g/mol. The molecule has 0 saturated heterocycles. The first-order chi connectivity index (χ1) is 9.60. The molecule has 0 unspecified atom stereocenters. The van der Waals surface area contributed by atoms with Crippen molar-refractivity contribution < 1.29 is 19.1 Å². The fourth-order valence-electron chi connectivity index (χ4n) is 2.28. The molecule has 5 nitrogen and oxygen atoms in total. The van der Waals surface area contributed by atoms with Gasteiger partial charge in [-0.3, -0.25) is 4.79 Å². The van der Waals surface area contributed by atoms with E-state index in [1.807, 2.05) is 0 Å². The minimum atomic E-state index is -1.26. The second-order valence-corrected chi connectivity index (χ2v) is 7.31. The van der Waals surface area contributed by atoms with Crippen LogP contribution in [0.5, 0.6) is 0 Å². The van der Waals surface area contributed by atoms with E-state index >= 15 is 0 Å². The number of rotatable bonds is 4. The first kappa shape index (κ1) is 17.8. The fraction of sp³-hybridized carbons (Fsp3) is 0.875. The van der Waals surface area contributed by atoms with Crippen molar-refractivity contribution >= 4 is 12.1 Å². The maximum atomic E-state index is 11.8. The van der Waals surface area contributed by atoms with Gasteiger partial charge in [-0.2, -0.15) is 0 Å². The lowest BCUT2D eigenvalue weighted by atomic mass is 9.89. The molecule has 122 valence electrons. The van der Waals surface area contributed by atoms with E-state index in [0.717, 1.165) is 12.8 Å². The number of esters is 1. The molecule has 0 aromatic heterocycles. The zero-order valence-corrected chi connectivity index (χ0v) is 14.0. The van der Waals surface area contributed by atoms with Crippen molar-refractivity contribution in [3.63, 3.8) is 0 Å². The lowest BCUT2D eigenvalue weighted by Crippen LogP contribution is -2.41. The van der Waals surface area contributed by atoms with Crippen LogP contribution < -0.4 is 5.32 Å². The van der Waals surface area contributed by atoms with E-state index in [1.54, 1.807) is 34.6 Å². The van der Waals surface area contributed by atoms with Gasteiger partial charge >= 0.3 is 12.1 Å². The lowest BCUT2D eigenvalue weighted by molar-refractivity contribution is -0.203. The van der Waals surface area contributed by atoms with E-state index in [4.69, 9.17) is 9.47 Å². The molecular weight excluding hydrogens is 270 g/mol. The van der Waals surface area contributed by atoms with Crippen LogP contribution in [0.15, 0.2) is 0 Å². The summed E-state index contributed by atoms with van der Waals surface area (Å²) in [6.07, 6.45) is 5.53. The first-order valence-electron chi connectivity index (χ1n) is 7.80. The molecule has 1 N–H and O–H groups in total. The van der Waals surface area contributed by atoms with E-state index in [0.29, 0.717) is 12.5 Å². The van der Waals surface area contributed by atoms with Crippen molar-refractivity contribution in [3.05, 3.63) is 0 Å². The summed E-state index contributed by atoms with van der Waals surface area (Å²) in [6.45, 7) is 9.04. The van der Waals surface area contributed by atoms with Gasteiger partial charge in [0.1, 0.15) is 0 Å². The third kappa shape index (κ3) is 6.82. The Kier molecular flexibility index (Phi) is 6.05. The molecule has 0 heterocycles. The summed E-state index contributed by atoms with van der Waals surface area (Å²) in [7, 11) is 0. The number of carbonyl (C=O) groups is 2. The van der Waals surface area contributed by atoms with Crippen LogP contribution >= 0.6 is 0 Å². The van der Waals surface area contributed by atoms with Crippen molar-refractivity contribution in [2.75, 3.05) is 6.54 Å². The topological polar surface area (TPSA) is 64.6 Å². The predicted octanol–water partition coefficient (Wildman–Crippen LogP) is 3.62. The minimum absolute atomic E-state index is 0.396. The van der Waals surface area contributed by atoms with E-state index in [1.165, 1.54) is 19.3 Å². The van der Waals surface area contributed by atoms with Crippen LogP contribution in [0.3, 0.4) is 0 Å². The van der Waals surface area contributed by atoms with E-state index < -0.39 is 23.3 Å². The predicted molar refractivity (Wildman–Crippen MR) is 80.7 cm³/mol. The quantitative estimate of drug-likeness (QED) is 0.636. The normalized spacial score (nSPS) is 17.2. The molecule has 0 bridgehead atoms. The van der Waals surface area contributed by atoms with Gasteiger partial charge in [-0.1, -0.05) is 19.3 Å². The molecule has 1 rings (SSSR count). The molecule has 0 aliphatic heterocycles. The van der Waals surface area contributed by atoms with E-state index in [9.17, 15) is 9.59 Å². The van der Waals surface area contributed by atoms with Crippen molar-refractivity contribution in [3.8, 4) is 0 Å². The van der Waals surface area contributed by atoms with E-state index in [-0.39, 0.29) is 0 Å². The van der Waals surface area contributed by atoms with Gasteiger partial charge in [0.25, 0.3) is 5.79 Å². The van der Waals surface area contributed by atoms with Crippen LogP contribution in [0.2, 0.25) is 0 Å². The molecule has 0 aromatic carbocycles. The maximum Gasteiger partial charge on any atom is 0.410 e. The molecule has 1 fully saturated rings. The molecule has 1 amide bonds. The summed E-state index contributed by atoms with van der Waals surface area (Å²) in [5.41, 5.74) is -0.626. The van der Waals surface area contributed by atoms with Crippen molar-refractivity contribution in [2.24, 2.45) is 11.3 Å². The molecule has 21 heavy (non-hydrogen) atoms. The lowest BCUT2D eigenvalue weighted by Gasteiger charge is -2.29. The minimum Gasteiger partial charge on any atom is -0.423 e. The molecule has 1 aliphatic rings. The van der Waals surface area contributed by atoms with Crippen LogP contribution in [0, 0.1) is 11.3 Å². The summed E-state index contributed by atoms with van der Waals surface area (Å²) in [4.78, 5) is 23.6. The Labute approximate surface area is 127 Å². The number of alkyl carbamates (subject to hydrolysis) is 1. The van der Waals surface area contributed by atoms with Crippen molar-refractivity contribution in [2.45, 2.75) is 72.5 Å². The summed E-state index contributed by atoms with van der Waals surface area (Å²) in [5.74, 6) is -1.12. The monoisotopic (exact) mass is 299 g/mol. The number of amides is 1. The number of hydrogen-bond acceptors (Lipinski definition) is 4. The highest BCUT2D eigenvalue weighted by atomic mass is 16.7. The Bertz CT molecular complexity index is 365. The highest BCUT2D eigenvalue weighted by Gasteiger charge is 2.33. The SMILES string of the molecule is CC(C)(OC(=O)NCC1CCCCC1)OC(=O)C(C)(C)C. The Morgan fingerprint density at radius 2 is 1.57 bits per heavy atom. The van der Waals surface area contributed by atoms with E-state index in [2.05, 4.69) is 5.32 Å².